The van der Waals surface area contributed by atoms with E-state index in [0.29, 0.717) is 48.1 Å². The van der Waals surface area contributed by atoms with Crippen LogP contribution in [0.3, 0.4) is 0 Å². The highest BCUT2D eigenvalue weighted by Crippen LogP contribution is 2.20. The maximum absolute atomic E-state index is 12.8. The van der Waals surface area contributed by atoms with Gasteiger partial charge in [0.1, 0.15) is 12.4 Å². The van der Waals surface area contributed by atoms with Crippen molar-refractivity contribution in [2.24, 2.45) is 0 Å². The van der Waals surface area contributed by atoms with Crippen LogP contribution in [-0.4, -0.2) is 31.6 Å². The van der Waals surface area contributed by atoms with Crippen molar-refractivity contribution in [3.8, 4) is 5.75 Å². The Morgan fingerprint density at radius 2 is 1.47 bits per heavy atom. The van der Waals surface area contributed by atoms with E-state index < -0.39 is 0 Å². The van der Waals surface area contributed by atoms with Crippen molar-refractivity contribution in [2.75, 3.05) is 30.5 Å². The van der Waals surface area contributed by atoms with Crippen molar-refractivity contribution >= 4 is 23.2 Å². The molecule has 6 heteroatoms. The van der Waals surface area contributed by atoms with Crippen molar-refractivity contribution in [3.05, 3.63) is 90.0 Å². The van der Waals surface area contributed by atoms with E-state index >= 15 is 0 Å². The zero-order valence-corrected chi connectivity index (χ0v) is 16.8. The number of ether oxygens (including phenoxy) is 2. The molecule has 0 spiro atoms. The summed E-state index contributed by atoms with van der Waals surface area (Å²) < 4.78 is 10.9. The molecule has 3 aromatic carbocycles. The van der Waals surface area contributed by atoms with Crippen LogP contribution in [0.25, 0.3) is 0 Å². The van der Waals surface area contributed by atoms with Gasteiger partial charge in [-0.1, -0.05) is 36.4 Å². The molecule has 0 radical (unpaired) electrons. The second-order valence-corrected chi connectivity index (χ2v) is 6.40. The summed E-state index contributed by atoms with van der Waals surface area (Å²) in [6.45, 7) is 3.33. The predicted octanol–water partition coefficient (Wildman–Crippen LogP) is 4.61. The highest BCUT2D eigenvalue weighted by Gasteiger charge is 2.14. The molecule has 0 aliphatic carbocycles. The SMILES string of the molecule is CCOCCOc1ccccc1C(=O)Nc1cccc(C(=O)Nc2ccccc2)c1. The summed E-state index contributed by atoms with van der Waals surface area (Å²) >= 11 is 0. The van der Waals surface area contributed by atoms with E-state index in [-0.39, 0.29) is 11.8 Å². The summed E-state index contributed by atoms with van der Waals surface area (Å²) in [7, 11) is 0. The lowest BCUT2D eigenvalue weighted by molar-refractivity contribution is 0.0995. The van der Waals surface area contributed by atoms with Crippen molar-refractivity contribution in [1.29, 1.82) is 0 Å². The summed E-state index contributed by atoms with van der Waals surface area (Å²) in [6.07, 6.45) is 0. The van der Waals surface area contributed by atoms with Crippen LogP contribution in [0, 0.1) is 0 Å². The van der Waals surface area contributed by atoms with Crippen LogP contribution >= 0.6 is 0 Å². The number of anilines is 2. The molecule has 3 aromatic rings. The van der Waals surface area contributed by atoms with E-state index in [1.807, 2.05) is 37.3 Å². The van der Waals surface area contributed by atoms with Crippen LogP contribution in [0.5, 0.6) is 5.75 Å². The van der Waals surface area contributed by atoms with Gasteiger partial charge in [-0.15, -0.1) is 0 Å². The molecule has 2 amide bonds. The number of carbonyl (C=O) groups is 2. The second kappa shape index (κ2) is 10.8. The van der Waals surface area contributed by atoms with Gasteiger partial charge < -0.3 is 20.1 Å². The summed E-state index contributed by atoms with van der Waals surface area (Å²) in [5.41, 5.74) is 2.07. The molecule has 0 aromatic heterocycles. The number of benzene rings is 3. The summed E-state index contributed by atoms with van der Waals surface area (Å²) in [4.78, 5) is 25.3. The average molecular weight is 404 g/mol. The fraction of sp³-hybridized carbons (Fsp3) is 0.167. The maximum atomic E-state index is 12.8. The van der Waals surface area contributed by atoms with E-state index in [4.69, 9.17) is 9.47 Å². The van der Waals surface area contributed by atoms with Gasteiger partial charge in [0.15, 0.2) is 0 Å². The molecule has 0 bridgehead atoms. The van der Waals surface area contributed by atoms with Crippen molar-refractivity contribution < 1.29 is 19.1 Å². The number of hydrogen-bond acceptors (Lipinski definition) is 4. The highest BCUT2D eigenvalue weighted by molar-refractivity contribution is 6.08. The van der Waals surface area contributed by atoms with Gasteiger partial charge in [-0.25, -0.2) is 0 Å². The Hall–Kier alpha value is -3.64. The van der Waals surface area contributed by atoms with Gasteiger partial charge in [-0.2, -0.15) is 0 Å². The van der Waals surface area contributed by atoms with Crippen LogP contribution in [-0.2, 0) is 4.74 Å². The van der Waals surface area contributed by atoms with Gasteiger partial charge in [0.25, 0.3) is 11.8 Å². The number of carbonyl (C=O) groups excluding carboxylic acids is 2. The Morgan fingerprint density at radius 1 is 0.767 bits per heavy atom. The lowest BCUT2D eigenvalue weighted by atomic mass is 10.1. The Balaban J connectivity index is 1.67. The topological polar surface area (TPSA) is 76.7 Å². The molecule has 6 nitrogen and oxygen atoms in total. The standard InChI is InChI=1S/C24H24N2O4/c1-2-29-15-16-30-22-14-7-6-13-21(22)24(28)26-20-12-8-9-18(17-20)23(27)25-19-10-4-3-5-11-19/h3-14,17H,2,15-16H2,1H3,(H,25,27)(H,26,28). The van der Waals surface area contributed by atoms with Crippen molar-refractivity contribution in [3.63, 3.8) is 0 Å². The monoisotopic (exact) mass is 404 g/mol. The van der Waals surface area contributed by atoms with Crippen LogP contribution in [0.1, 0.15) is 27.6 Å². The number of rotatable bonds is 9. The molecule has 0 saturated heterocycles. The molecule has 3 rings (SSSR count). The minimum Gasteiger partial charge on any atom is -0.490 e. The van der Waals surface area contributed by atoms with Gasteiger partial charge >= 0.3 is 0 Å². The number of hydrogen-bond donors (Lipinski definition) is 2. The average Bonchev–Trinajstić information content (AvgIpc) is 2.78. The third kappa shape index (κ3) is 5.93. The number of amides is 2. The minimum absolute atomic E-state index is 0.253. The predicted molar refractivity (Wildman–Crippen MR) is 117 cm³/mol. The van der Waals surface area contributed by atoms with Crippen LogP contribution < -0.4 is 15.4 Å². The van der Waals surface area contributed by atoms with E-state index in [1.54, 1.807) is 48.5 Å². The molecule has 0 aliphatic heterocycles. The van der Waals surface area contributed by atoms with Crippen molar-refractivity contribution in [2.45, 2.75) is 6.92 Å². The van der Waals surface area contributed by atoms with Gasteiger partial charge in [0.2, 0.25) is 0 Å². The van der Waals surface area contributed by atoms with Crippen molar-refractivity contribution in [1.82, 2.24) is 0 Å². The molecule has 2 N–H and O–H groups in total. The normalized spacial score (nSPS) is 10.3. The number of nitrogens with one attached hydrogen (secondary N) is 2. The zero-order valence-electron chi connectivity index (χ0n) is 16.8. The first-order chi connectivity index (χ1) is 14.7. The van der Waals surface area contributed by atoms with E-state index in [0.717, 1.165) is 0 Å². The summed E-state index contributed by atoms with van der Waals surface area (Å²) in [5, 5.41) is 5.66. The quantitative estimate of drug-likeness (QED) is 0.511. The van der Waals surface area contributed by atoms with E-state index in [1.165, 1.54) is 0 Å². The number of para-hydroxylation sites is 2. The molecule has 0 atom stereocenters. The lowest BCUT2D eigenvalue weighted by Gasteiger charge is -2.12. The van der Waals surface area contributed by atoms with Gasteiger partial charge in [0, 0.05) is 23.5 Å². The molecule has 30 heavy (non-hydrogen) atoms. The molecule has 0 fully saturated rings. The maximum Gasteiger partial charge on any atom is 0.259 e. The minimum atomic E-state index is -0.317. The fourth-order valence-corrected chi connectivity index (χ4v) is 2.80. The molecular weight excluding hydrogens is 380 g/mol. The molecule has 0 heterocycles. The molecule has 0 saturated carbocycles. The second-order valence-electron chi connectivity index (χ2n) is 6.40. The molecular formula is C24H24N2O4. The Kier molecular flexibility index (Phi) is 7.58. The van der Waals surface area contributed by atoms with E-state index in [2.05, 4.69) is 10.6 Å². The Bertz CT molecular complexity index is 989. The smallest absolute Gasteiger partial charge is 0.259 e. The molecule has 154 valence electrons. The lowest BCUT2D eigenvalue weighted by Crippen LogP contribution is -2.16. The Labute approximate surface area is 175 Å². The van der Waals surface area contributed by atoms with Crippen LogP contribution in [0.2, 0.25) is 0 Å². The third-order valence-corrected chi connectivity index (χ3v) is 4.24. The highest BCUT2D eigenvalue weighted by atomic mass is 16.5. The van der Waals surface area contributed by atoms with Gasteiger partial charge in [-0.05, 0) is 49.4 Å². The van der Waals surface area contributed by atoms with E-state index in [9.17, 15) is 9.59 Å². The van der Waals surface area contributed by atoms with Crippen LogP contribution in [0.15, 0.2) is 78.9 Å². The van der Waals surface area contributed by atoms with Gasteiger partial charge in [-0.3, -0.25) is 9.59 Å². The van der Waals surface area contributed by atoms with Gasteiger partial charge in [0.05, 0.1) is 12.2 Å². The van der Waals surface area contributed by atoms with Crippen LogP contribution in [0.4, 0.5) is 11.4 Å². The molecule has 0 unspecified atom stereocenters. The largest absolute Gasteiger partial charge is 0.490 e. The first-order valence-electron chi connectivity index (χ1n) is 9.74. The Morgan fingerprint density at radius 3 is 2.27 bits per heavy atom. The first-order valence-corrected chi connectivity index (χ1v) is 9.74. The summed E-state index contributed by atoms with van der Waals surface area (Å²) in [6, 6.07) is 23.0. The third-order valence-electron chi connectivity index (χ3n) is 4.24. The first kappa shape index (κ1) is 21.1. The zero-order chi connectivity index (χ0) is 21.2. The summed E-state index contributed by atoms with van der Waals surface area (Å²) in [5.74, 6) is -0.0905. The fourth-order valence-electron chi connectivity index (χ4n) is 2.80. The molecule has 0 aliphatic rings.